The van der Waals surface area contributed by atoms with Crippen LogP contribution >= 0.6 is 46.3 Å². The van der Waals surface area contributed by atoms with Crippen LogP contribution in [0.2, 0.25) is 10.0 Å². The number of aromatic nitrogens is 1. The predicted octanol–water partition coefficient (Wildman–Crippen LogP) is 3.44. The number of aliphatic carboxylic acids is 1. The van der Waals surface area contributed by atoms with Crippen LogP contribution in [-0.4, -0.2) is 57.1 Å². The van der Waals surface area contributed by atoms with Gasteiger partial charge in [-0.3, -0.25) is 28.9 Å². The predicted molar refractivity (Wildman–Crippen MR) is 141 cm³/mol. The van der Waals surface area contributed by atoms with Gasteiger partial charge in [0.05, 0.1) is 21.0 Å². The van der Waals surface area contributed by atoms with Crippen LogP contribution < -0.4 is 14.9 Å². The number of imide groups is 1. The van der Waals surface area contributed by atoms with Crippen molar-refractivity contribution < 1.29 is 29.0 Å². The Hall–Kier alpha value is -3.32. The highest BCUT2D eigenvalue weighted by Gasteiger charge is 2.56. The number of carbonyl (C=O) groups excluding carboxylic acids is 3. The summed E-state index contributed by atoms with van der Waals surface area (Å²) in [5.41, 5.74) is 1.10. The minimum absolute atomic E-state index is 0.287. The first-order chi connectivity index (χ1) is 18.1. The van der Waals surface area contributed by atoms with Crippen LogP contribution in [0.25, 0.3) is 0 Å². The summed E-state index contributed by atoms with van der Waals surface area (Å²) < 4.78 is 5.57. The van der Waals surface area contributed by atoms with E-state index in [2.05, 4.69) is 10.3 Å². The van der Waals surface area contributed by atoms with E-state index in [-0.39, 0.29) is 11.5 Å². The topological polar surface area (TPSA) is 146 Å². The molecule has 0 saturated carbocycles. The lowest BCUT2D eigenvalue weighted by atomic mass is 9.83. The van der Waals surface area contributed by atoms with Crippen LogP contribution in [0.15, 0.2) is 52.3 Å². The number of amides is 3. The van der Waals surface area contributed by atoms with Crippen molar-refractivity contribution in [2.24, 2.45) is 5.92 Å². The van der Waals surface area contributed by atoms with Crippen LogP contribution in [0.3, 0.4) is 0 Å². The minimum atomic E-state index is -1.29. The van der Waals surface area contributed by atoms with Gasteiger partial charge in [-0.15, -0.1) is 0 Å². The molecule has 2 aliphatic heterocycles. The lowest BCUT2D eigenvalue weighted by molar-refractivity contribution is -0.149. The second-order valence-corrected chi connectivity index (χ2v) is 11.4. The summed E-state index contributed by atoms with van der Waals surface area (Å²) >= 11 is 13.9. The summed E-state index contributed by atoms with van der Waals surface area (Å²) in [5.74, 6) is -4.02. The van der Waals surface area contributed by atoms with E-state index in [1.54, 1.807) is 36.4 Å². The molecule has 38 heavy (non-hydrogen) atoms. The Labute approximate surface area is 232 Å². The van der Waals surface area contributed by atoms with Gasteiger partial charge in [0.25, 0.3) is 5.91 Å². The molecule has 14 heteroatoms. The summed E-state index contributed by atoms with van der Waals surface area (Å²) in [6.07, 6.45) is 0. The number of thiazole rings is 1. The monoisotopic (exact) mass is 593 g/mol. The number of carbonyl (C=O) groups is 4. The van der Waals surface area contributed by atoms with E-state index in [9.17, 15) is 24.0 Å². The van der Waals surface area contributed by atoms with Gasteiger partial charge in [-0.1, -0.05) is 58.4 Å². The van der Waals surface area contributed by atoms with Crippen molar-refractivity contribution in [3.63, 3.8) is 0 Å². The number of benzene rings is 2. The summed E-state index contributed by atoms with van der Waals surface area (Å²) in [5, 5.41) is 12.1. The summed E-state index contributed by atoms with van der Waals surface area (Å²) in [4.78, 5) is 65.5. The maximum atomic E-state index is 13.2. The Bertz CT molecular complexity index is 1520. The number of rotatable bonds is 7. The molecule has 2 aromatic carbocycles. The van der Waals surface area contributed by atoms with E-state index in [1.807, 2.05) is 0 Å². The SMILES string of the molecule is O=C(O)CN1C(=O)C2Sc3[nH]c(=O)sc3[C@H](c3ccc(OCC(=O)Nc4ccc(Cl)c(Cl)c4)cc3)C2C1=O. The van der Waals surface area contributed by atoms with Crippen molar-refractivity contribution in [2.75, 3.05) is 18.5 Å². The average molecular weight is 594 g/mol. The fourth-order valence-electron chi connectivity index (χ4n) is 4.42. The largest absolute Gasteiger partial charge is 0.484 e. The second-order valence-electron chi connectivity index (χ2n) is 8.44. The van der Waals surface area contributed by atoms with Crippen LogP contribution in [0.1, 0.15) is 16.4 Å². The molecule has 3 amide bonds. The lowest BCUT2D eigenvalue weighted by Crippen LogP contribution is -2.36. The second kappa shape index (κ2) is 10.4. The molecule has 0 spiro atoms. The van der Waals surface area contributed by atoms with Gasteiger partial charge < -0.3 is 20.1 Å². The molecular formula is C24H17Cl2N3O7S2. The number of nitrogens with one attached hydrogen (secondary N) is 2. The van der Waals surface area contributed by atoms with Crippen LogP contribution in [0.4, 0.5) is 5.69 Å². The van der Waals surface area contributed by atoms with Gasteiger partial charge in [-0.25, -0.2) is 0 Å². The minimum Gasteiger partial charge on any atom is -0.484 e. The molecule has 0 aliphatic carbocycles. The number of H-pyrrole nitrogens is 1. The lowest BCUT2D eigenvalue weighted by Gasteiger charge is -2.29. The molecule has 5 rings (SSSR count). The van der Waals surface area contributed by atoms with Gasteiger partial charge in [0, 0.05) is 16.5 Å². The molecule has 2 unspecified atom stereocenters. The van der Waals surface area contributed by atoms with E-state index in [0.29, 0.717) is 36.9 Å². The Morgan fingerprint density at radius 1 is 1.05 bits per heavy atom. The van der Waals surface area contributed by atoms with E-state index < -0.39 is 47.3 Å². The first-order valence-electron chi connectivity index (χ1n) is 11.1. The van der Waals surface area contributed by atoms with Gasteiger partial charge in [0.15, 0.2) is 6.61 Å². The molecule has 3 N–H and O–H groups in total. The Morgan fingerprint density at radius 2 is 1.79 bits per heavy atom. The zero-order valence-corrected chi connectivity index (χ0v) is 22.2. The number of likely N-dealkylation sites (tertiary alicyclic amines) is 1. The van der Waals surface area contributed by atoms with Crippen LogP contribution in [0.5, 0.6) is 5.75 Å². The van der Waals surface area contributed by atoms with Gasteiger partial charge in [0.2, 0.25) is 11.8 Å². The molecule has 1 aromatic heterocycles. The molecule has 0 bridgehead atoms. The zero-order valence-electron chi connectivity index (χ0n) is 19.1. The highest BCUT2D eigenvalue weighted by molar-refractivity contribution is 8.00. The number of halogens is 2. The van der Waals surface area contributed by atoms with Crippen molar-refractivity contribution in [3.05, 3.63) is 72.6 Å². The molecule has 196 valence electrons. The standard InChI is InChI=1S/C24H17Cl2N3O7S2/c25-13-6-3-11(7-14(13)26)27-15(30)9-36-12-4-1-10(2-5-12)17-18-20(37-21-19(17)38-24(35)28-21)23(34)29(22(18)33)8-16(31)32/h1-7,17-18,20H,8-9H2,(H,27,30)(H,28,35)(H,31,32)/t17-,18?,20?/m1/s1. The van der Waals surface area contributed by atoms with Crippen molar-refractivity contribution in [1.29, 1.82) is 0 Å². The number of aromatic amines is 1. The van der Waals surface area contributed by atoms with Crippen molar-refractivity contribution in [1.82, 2.24) is 9.88 Å². The molecule has 1 fully saturated rings. The fraction of sp³-hybridized carbons (Fsp3) is 0.208. The number of anilines is 1. The number of ether oxygens (including phenoxy) is 1. The van der Waals surface area contributed by atoms with Crippen molar-refractivity contribution in [3.8, 4) is 5.75 Å². The number of carboxylic acid groups (broad SMARTS) is 1. The number of thioether (sulfide) groups is 1. The number of fused-ring (bicyclic) bond motifs is 2. The summed E-state index contributed by atoms with van der Waals surface area (Å²) in [6, 6.07) is 11.3. The zero-order chi connectivity index (χ0) is 27.1. The molecular weight excluding hydrogens is 577 g/mol. The Balaban J connectivity index is 1.34. The third kappa shape index (κ3) is 5.04. The smallest absolute Gasteiger partial charge is 0.323 e. The third-order valence-electron chi connectivity index (χ3n) is 6.02. The van der Waals surface area contributed by atoms with Crippen molar-refractivity contribution >= 4 is 75.7 Å². The van der Waals surface area contributed by atoms with Crippen molar-refractivity contribution in [2.45, 2.75) is 16.2 Å². The van der Waals surface area contributed by atoms with Gasteiger partial charge in [-0.05, 0) is 35.9 Å². The highest BCUT2D eigenvalue weighted by atomic mass is 35.5. The quantitative estimate of drug-likeness (QED) is 0.353. The maximum absolute atomic E-state index is 13.2. The van der Waals surface area contributed by atoms with Crippen LogP contribution in [-0.2, 0) is 19.2 Å². The molecule has 1 saturated heterocycles. The first-order valence-corrected chi connectivity index (χ1v) is 13.5. The third-order valence-corrected chi connectivity index (χ3v) is 9.16. The Morgan fingerprint density at radius 3 is 2.47 bits per heavy atom. The normalized spacial score (nSPS) is 20.2. The average Bonchev–Trinajstić information content (AvgIpc) is 3.35. The van der Waals surface area contributed by atoms with E-state index in [0.717, 1.165) is 28.0 Å². The maximum Gasteiger partial charge on any atom is 0.323 e. The van der Waals surface area contributed by atoms with Gasteiger partial charge in [0.1, 0.15) is 17.5 Å². The Kier molecular flexibility index (Phi) is 7.23. The van der Waals surface area contributed by atoms with Crippen LogP contribution in [0, 0.1) is 5.92 Å². The molecule has 3 aromatic rings. The van der Waals surface area contributed by atoms with E-state index in [1.165, 1.54) is 6.07 Å². The van der Waals surface area contributed by atoms with Gasteiger partial charge >= 0.3 is 10.8 Å². The summed E-state index contributed by atoms with van der Waals surface area (Å²) in [7, 11) is 0. The number of hydrogen-bond donors (Lipinski definition) is 3. The van der Waals surface area contributed by atoms with E-state index >= 15 is 0 Å². The summed E-state index contributed by atoms with van der Waals surface area (Å²) in [6.45, 7) is -1.01. The van der Waals surface area contributed by atoms with E-state index in [4.69, 9.17) is 33.0 Å². The van der Waals surface area contributed by atoms with Gasteiger partial charge in [-0.2, -0.15) is 0 Å². The number of hydrogen-bond acceptors (Lipinski definition) is 8. The highest BCUT2D eigenvalue weighted by Crippen LogP contribution is 2.52. The number of carboxylic acids is 1. The number of nitrogens with zero attached hydrogens (tertiary/aromatic N) is 1. The molecule has 2 aliphatic rings. The molecule has 3 heterocycles. The molecule has 3 atom stereocenters. The molecule has 0 radical (unpaired) electrons. The molecule has 10 nitrogen and oxygen atoms in total. The fourth-order valence-corrected chi connectivity index (χ4v) is 7.25. The first kappa shape index (κ1) is 26.3.